The summed E-state index contributed by atoms with van der Waals surface area (Å²) < 4.78 is 22.2. The Morgan fingerprint density at radius 2 is 2.07 bits per heavy atom. The Balaban J connectivity index is 1.27. The Morgan fingerprint density at radius 3 is 2.96 bits per heavy atom. The molecule has 146 valence electrons. The first-order chi connectivity index (χ1) is 13.7. The van der Waals surface area contributed by atoms with Crippen molar-refractivity contribution in [3.8, 4) is 0 Å². The molecule has 3 aromatic rings. The number of aromatic nitrogens is 2. The van der Waals surface area contributed by atoms with Crippen LogP contribution in [0.15, 0.2) is 42.5 Å². The van der Waals surface area contributed by atoms with Crippen molar-refractivity contribution in [1.82, 2.24) is 13.6 Å². The monoisotopic (exact) mass is 398 g/mol. The lowest BCUT2D eigenvalue weighted by molar-refractivity contribution is -0.116. The molecular weight excluding hydrogens is 375 g/mol. The molecule has 1 saturated heterocycles. The summed E-state index contributed by atoms with van der Waals surface area (Å²) in [6.45, 7) is 2.96. The number of anilines is 1. The number of carbonyl (C=O) groups excluding carboxylic acids is 1. The summed E-state index contributed by atoms with van der Waals surface area (Å²) in [5, 5.41) is 2.68. The molecule has 0 aliphatic carbocycles. The van der Waals surface area contributed by atoms with Gasteiger partial charge in [0.15, 0.2) is 0 Å². The topological polar surface area (TPSA) is 58.1 Å². The zero-order valence-electron chi connectivity index (χ0n) is 15.6. The van der Waals surface area contributed by atoms with Crippen LogP contribution < -0.4 is 5.32 Å². The summed E-state index contributed by atoms with van der Waals surface area (Å²) in [6.07, 6.45) is 3.52. The molecule has 1 N–H and O–H groups in total. The number of halogens is 1. The molecule has 1 amide bonds. The van der Waals surface area contributed by atoms with Crippen molar-refractivity contribution in [3.63, 3.8) is 0 Å². The number of nitrogens with one attached hydrogen (secondary N) is 1. The summed E-state index contributed by atoms with van der Waals surface area (Å²) in [5.41, 5.74) is 3.41. The molecule has 0 bridgehead atoms. The number of likely N-dealkylation sites (tertiary alicyclic amines) is 1. The minimum absolute atomic E-state index is 0.122. The second-order valence-corrected chi connectivity index (χ2v) is 7.93. The third-order valence-electron chi connectivity index (χ3n) is 5.26. The molecule has 5 nitrogen and oxygen atoms in total. The zero-order valence-corrected chi connectivity index (χ0v) is 16.4. The summed E-state index contributed by atoms with van der Waals surface area (Å²) >= 11 is 1.24. The molecule has 1 aliphatic rings. The van der Waals surface area contributed by atoms with Crippen LogP contribution in [0, 0.1) is 11.7 Å². The molecule has 0 radical (unpaired) electrons. The van der Waals surface area contributed by atoms with Crippen LogP contribution in [0.25, 0.3) is 11.0 Å². The number of para-hydroxylation sites is 1. The van der Waals surface area contributed by atoms with E-state index in [1.807, 2.05) is 6.07 Å². The van der Waals surface area contributed by atoms with Gasteiger partial charge in [-0.25, -0.2) is 4.39 Å². The predicted octanol–water partition coefficient (Wildman–Crippen LogP) is 4.46. The highest BCUT2D eigenvalue weighted by atomic mass is 32.1. The van der Waals surface area contributed by atoms with E-state index in [1.54, 1.807) is 18.2 Å². The van der Waals surface area contributed by atoms with Crippen molar-refractivity contribution in [3.05, 3.63) is 53.8 Å². The van der Waals surface area contributed by atoms with Gasteiger partial charge in [0, 0.05) is 19.5 Å². The molecule has 0 unspecified atom stereocenters. The van der Waals surface area contributed by atoms with E-state index in [9.17, 15) is 9.18 Å². The van der Waals surface area contributed by atoms with E-state index in [4.69, 9.17) is 0 Å². The van der Waals surface area contributed by atoms with E-state index in [-0.39, 0.29) is 11.6 Å². The number of hydrogen-bond acceptors (Lipinski definition) is 5. The Kier molecular flexibility index (Phi) is 5.92. The lowest BCUT2D eigenvalue weighted by atomic mass is 9.93. The lowest BCUT2D eigenvalue weighted by Gasteiger charge is -2.32. The summed E-state index contributed by atoms with van der Waals surface area (Å²) in [5.74, 6) is -0.0273. The quantitative estimate of drug-likeness (QED) is 0.666. The van der Waals surface area contributed by atoms with Gasteiger partial charge in [-0.3, -0.25) is 9.69 Å². The number of fused-ring (bicyclic) bond motifs is 1. The maximum absolute atomic E-state index is 13.7. The van der Waals surface area contributed by atoms with Crippen molar-refractivity contribution in [2.45, 2.75) is 32.2 Å². The Labute approximate surface area is 167 Å². The molecular formula is C21H23FN4OS. The molecule has 28 heavy (non-hydrogen) atoms. The fourth-order valence-corrected chi connectivity index (χ4v) is 4.34. The van der Waals surface area contributed by atoms with Gasteiger partial charge in [-0.05, 0) is 61.6 Å². The first-order valence-corrected chi connectivity index (χ1v) is 10.4. The molecule has 1 atom stereocenters. The minimum atomic E-state index is -0.396. The summed E-state index contributed by atoms with van der Waals surface area (Å²) in [6, 6.07) is 12.5. The van der Waals surface area contributed by atoms with Crippen LogP contribution >= 0.6 is 11.7 Å². The number of nitrogens with zero attached hydrogens (tertiary/aromatic N) is 3. The molecule has 7 heteroatoms. The van der Waals surface area contributed by atoms with Crippen molar-refractivity contribution < 1.29 is 9.18 Å². The minimum Gasteiger partial charge on any atom is -0.324 e. The lowest BCUT2D eigenvalue weighted by Crippen LogP contribution is -2.35. The smallest absolute Gasteiger partial charge is 0.224 e. The Bertz CT molecular complexity index is 960. The first-order valence-electron chi connectivity index (χ1n) is 9.65. The number of benzene rings is 2. The van der Waals surface area contributed by atoms with E-state index in [2.05, 4.69) is 31.1 Å². The van der Waals surface area contributed by atoms with Gasteiger partial charge in [0.2, 0.25) is 5.91 Å². The highest BCUT2D eigenvalue weighted by Crippen LogP contribution is 2.24. The van der Waals surface area contributed by atoms with Crippen LogP contribution in [0.5, 0.6) is 0 Å². The van der Waals surface area contributed by atoms with Gasteiger partial charge in [-0.15, -0.1) is 0 Å². The number of amides is 1. The fourth-order valence-electron chi connectivity index (χ4n) is 3.83. The van der Waals surface area contributed by atoms with Crippen molar-refractivity contribution in [1.29, 1.82) is 0 Å². The van der Waals surface area contributed by atoms with Crippen LogP contribution in [0.1, 0.15) is 31.2 Å². The van der Waals surface area contributed by atoms with Crippen LogP contribution in [0.4, 0.5) is 10.1 Å². The predicted molar refractivity (Wildman–Crippen MR) is 110 cm³/mol. The van der Waals surface area contributed by atoms with Gasteiger partial charge < -0.3 is 5.32 Å². The van der Waals surface area contributed by atoms with Crippen molar-refractivity contribution >= 4 is 34.4 Å². The van der Waals surface area contributed by atoms with Gasteiger partial charge in [0.25, 0.3) is 0 Å². The van der Waals surface area contributed by atoms with Gasteiger partial charge in [0.1, 0.15) is 16.9 Å². The normalized spacial score (nSPS) is 17.7. The fraction of sp³-hybridized carbons (Fsp3) is 0.381. The Morgan fingerprint density at radius 1 is 1.21 bits per heavy atom. The zero-order chi connectivity index (χ0) is 19.3. The standard InChI is InChI=1S/C21H23FN4OS/c22-17-5-1-2-6-18(17)23-21(27)10-8-15-4-3-11-26(13-15)14-16-7-9-19-20(12-16)25-28-24-19/h1-2,5-7,9,12,15H,3-4,8,10-11,13-14H2,(H,23,27)/t15-/m0/s1. The molecule has 1 aromatic heterocycles. The van der Waals surface area contributed by atoms with Crippen molar-refractivity contribution in [2.24, 2.45) is 5.92 Å². The second kappa shape index (κ2) is 8.75. The highest BCUT2D eigenvalue weighted by molar-refractivity contribution is 7.00. The van der Waals surface area contributed by atoms with Gasteiger partial charge >= 0.3 is 0 Å². The molecule has 1 fully saturated rings. The third kappa shape index (κ3) is 4.72. The number of rotatable bonds is 6. The van der Waals surface area contributed by atoms with E-state index in [0.29, 0.717) is 12.3 Å². The van der Waals surface area contributed by atoms with E-state index >= 15 is 0 Å². The third-order valence-corrected chi connectivity index (χ3v) is 5.81. The number of carbonyl (C=O) groups is 1. The van der Waals surface area contributed by atoms with E-state index in [1.165, 1.54) is 23.4 Å². The largest absolute Gasteiger partial charge is 0.324 e. The average molecular weight is 399 g/mol. The highest BCUT2D eigenvalue weighted by Gasteiger charge is 2.21. The maximum atomic E-state index is 13.7. The average Bonchev–Trinajstić information content (AvgIpc) is 3.16. The van der Waals surface area contributed by atoms with Gasteiger partial charge in [-0.1, -0.05) is 18.2 Å². The van der Waals surface area contributed by atoms with E-state index < -0.39 is 5.82 Å². The second-order valence-electron chi connectivity index (χ2n) is 7.40. The maximum Gasteiger partial charge on any atom is 0.224 e. The van der Waals surface area contributed by atoms with Gasteiger partial charge in [-0.2, -0.15) is 8.75 Å². The van der Waals surface area contributed by atoms with E-state index in [0.717, 1.165) is 49.9 Å². The van der Waals surface area contributed by atoms with Crippen LogP contribution in [0.2, 0.25) is 0 Å². The number of piperidine rings is 1. The molecule has 2 aromatic carbocycles. The number of hydrogen-bond donors (Lipinski definition) is 1. The molecule has 0 spiro atoms. The molecule has 4 rings (SSSR count). The van der Waals surface area contributed by atoms with Gasteiger partial charge in [0.05, 0.1) is 17.4 Å². The summed E-state index contributed by atoms with van der Waals surface area (Å²) in [4.78, 5) is 14.6. The Hall–Kier alpha value is -2.38. The van der Waals surface area contributed by atoms with Crippen LogP contribution in [-0.2, 0) is 11.3 Å². The summed E-state index contributed by atoms with van der Waals surface area (Å²) in [7, 11) is 0. The van der Waals surface area contributed by atoms with Crippen LogP contribution in [-0.4, -0.2) is 32.6 Å². The molecule has 0 saturated carbocycles. The SMILES string of the molecule is O=C(CC[C@@H]1CCCN(Cc2ccc3nsnc3c2)C1)Nc1ccccc1F. The molecule has 1 aliphatic heterocycles. The van der Waals surface area contributed by atoms with Crippen molar-refractivity contribution in [2.75, 3.05) is 18.4 Å². The van der Waals surface area contributed by atoms with Crippen LogP contribution in [0.3, 0.4) is 0 Å². The first kappa shape index (κ1) is 19.0. The molecule has 2 heterocycles.